The third-order valence-electron chi connectivity index (χ3n) is 2.49. The number of rotatable bonds is 3. The van der Waals surface area contributed by atoms with Crippen molar-refractivity contribution in [1.82, 2.24) is 15.3 Å². The molecule has 1 aromatic rings. The molecule has 1 aliphatic heterocycles. The molecule has 2 heterocycles. The first-order valence-electron chi connectivity index (χ1n) is 4.99. The minimum atomic E-state index is -3.38. The van der Waals surface area contributed by atoms with Crippen LogP contribution < -0.4 is 5.32 Å². The Hall–Kier alpha value is -0.720. The molecule has 2 rings (SSSR count). The second-order valence-corrected chi connectivity index (χ2v) is 6.19. The van der Waals surface area contributed by atoms with Gasteiger partial charge in [0.25, 0.3) is 0 Å². The Balaban J connectivity index is 2.14. The molecule has 88 valence electrons. The van der Waals surface area contributed by atoms with Crippen LogP contribution in [0.3, 0.4) is 0 Å². The fraction of sp³-hybridized carbons (Fsp3) is 0.556. The Kier molecular flexibility index (Phi) is 3.41. The van der Waals surface area contributed by atoms with Gasteiger partial charge in [0.1, 0.15) is 0 Å². The van der Waals surface area contributed by atoms with Crippen LogP contribution in [0.15, 0.2) is 17.6 Å². The lowest BCUT2D eigenvalue weighted by Gasteiger charge is -2.07. The summed E-state index contributed by atoms with van der Waals surface area (Å²) in [5.74, 6) is 0.256. The van der Waals surface area contributed by atoms with E-state index in [1.54, 1.807) is 0 Å². The summed E-state index contributed by atoms with van der Waals surface area (Å²) >= 11 is 5.60. The van der Waals surface area contributed by atoms with E-state index in [0.717, 1.165) is 19.5 Å². The van der Waals surface area contributed by atoms with Crippen LogP contribution in [0.25, 0.3) is 0 Å². The van der Waals surface area contributed by atoms with E-state index in [0.29, 0.717) is 5.02 Å². The normalized spacial score (nSPS) is 21.2. The number of nitrogens with one attached hydrogen (secondary N) is 1. The van der Waals surface area contributed by atoms with Crippen LogP contribution in [0.5, 0.6) is 0 Å². The van der Waals surface area contributed by atoms with Crippen molar-refractivity contribution in [3.05, 3.63) is 17.4 Å². The maximum absolute atomic E-state index is 11.9. The maximum atomic E-state index is 11.9. The summed E-state index contributed by atoms with van der Waals surface area (Å²) < 4.78 is 23.8. The highest BCUT2D eigenvalue weighted by Gasteiger charge is 2.25. The first kappa shape index (κ1) is 11.8. The number of sulfone groups is 1. The van der Waals surface area contributed by atoms with Crippen molar-refractivity contribution >= 4 is 21.4 Å². The summed E-state index contributed by atoms with van der Waals surface area (Å²) in [6, 6.07) is 0. The molecule has 1 N–H and O–H groups in total. The molecule has 0 spiro atoms. The third-order valence-corrected chi connectivity index (χ3v) is 4.36. The number of halogens is 1. The monoisotopic (exact) mass is 261 g/mol. The van der Waals surface area contributed by atoms with E-state index in [1.807, 2.05) is 0 Å². The molecular weight excluding hydrogens is 250 g/mol. The standard InChI is InChI=1S/C9H12ClN3O2S/c10-8-4-12-9(13-5-8)16(14,15)6-7-1-2-11-3-7/h4-5,7,11H,1-3,6H2/t7-/m1/s1. The summed E-state index contributed by atoms with van der Waals surface area (Å²) in [4.78, 5) is 7.48. The van der Waals surface area contributed by atoms with Crippen molar-refractivity contribution in [1.29, 1.82) is 0 Å². The summed E-state index contributed by atoms with van der Waals surface area (Å²) in [6.45, 7) is 1.62. The molecule has 0 aromatic carbocycles. The average molecular weight is 262 g/mol. The fourth-order valence-corrected chi connectivity index (χ4v) is 3.28. The van der Waals surface area contributed by atoms with Gasteiger partial charge in [-0.1, -0.05) is 11.6 Å². The predicted molar refractivity (Wildman–Crippen MR) is 60.1 cm³/mol. The van der Waals surface area contributed by atoms with E-state index in [4.69, 9.17) is 11.6 Å². The highest BCUT2D eigenvalue weighted by molar-refractivity contribution is 7.91. The van der Waals surface area contributed by atoms with Gasteiger partial charge in [0.15, 0.2) is 0 Å². The molecular formula is C9H12ClN3O2S. The van der Waals surface area contributed by atoms with Gasteiger partial charge in [0.2, 0.25) is 15.0 Å². The van der Waals surface area contributed by atoms with Crippen molar-refractivity contribution in [3.8, 4) is 0 Å². The molecule has 0 radical (unpaired) electrons. The number of hydrogen-bond donors (Lipinski definition) is 1. The highest BCUT2D eigenvalue weighted by Crippen LogP contribution is 2.15. The van der Waals surface area contributed by atoms with E-state index in [2.05, 4.69) is 15.3 Å². The third kappa shape index (κ3) is 2.69. The van der Waals surface area contributed by atoms with Gasteiger partial charge in [0.05, 0.1) is 23.2 Å². The van der Waals surface area contributed by atoms with Crippen LogP contribution in [0, 0.1) is 5.92 Å². The van der Waals surface area contributed by atoms with Crippen LogP contribution in [0.1, 0.15) is 6.42 Å². The molecule has 0 unspecified atom stereocenters. The van der Waals surface area contributed by atoms with Gasteiger partial charge in [-0.15, -0.1) is 0 Å². The van der Waals surface area contributed by atoms with Crippen molar-refractivity contribution in [2.75, 3.05) is 18.8 Å². The molecule has 1 aliphatic rings. The van der Waals surface area contributed by atoms with Crippen LogP contribution in [0.2, 0.25) is 5.02 Å². The zero-order chi connectivity index (χ0) is 11.6. The molecule has 1 saturated heterocycles. The Morgan fingerprint density at radius 2 is 2.12 bits per heavy atom. The summed E-state index contributed by atoms with van der Waals surface area (Å²) in [5, 5.41) is 3.33. The first-order chi connectivity index (χ1) is 7.58. The molecule has 0 saturated carbocycles. The van der Waals surface area contributed by atoms with Crippen molar-refractivity contribution in [2.24, 2.45) is 5.92 Å². The Bertz CT molecular complexity index is 454. The van der Waals surface area contributed by atoms with E-state index in [1.165, 1.54) is 12.4 Å². The van der Waals surface area contributed by atoms with E-state index < -0.39 is 9.84 Å². The summed E-state index contributed by atoms with van der Waals surface area (Å²) in [5.41, 5.74) is 0. The molecule has 1 fully saturated rings. The molecule has 0 bridgehead atoms. The van der Waals surface area contributed by atoms with Gasteiger partial charge in [-0.2, -0.15) is 0 Å². The molecule has 1 aromatic heterocycles. The highest BCUT2D eigenvalue weighted by atomic mass is 35.5. The number of hydrogen-bond acceptors (Lipinski definition) is 5. The smallest absolute Gasteiger partial charge is 0.247 e. The molecule has 1 atom stereocenters. The number of aromatic nitrogens is 2. The van der Waals surface area contributed by atoms with Crippen molar-refractivity contribution < 1.29 is 8.42 Å². The Morgan fingerprint density at radius 1 is 1.44 bits per heavy atom. The fourth-order valence-electron chi connectivity index (χ4n) is 1.70. The van der Waals surface area contributed by atoms with E-state index in [-0.39, 0.29) is 16.8 Å². The minimum Gasteiger partial charge on any atom is -0.316 e. The molecule has 16 heavy (non-hydrogen) atoms. The average Bonchev–Trinajstić information content (AvgIpc) is 2.70. The van der Waals surface area contributed by atoms with Crippen LogP contribution in [-0.2, 0) is 9.84 Å². The summed E-state index contributed by atoms with van der Waals surface area (Å²) in [6.07, 6.45) is 3.48. The SMILES string of the molecule is O=S(=O)(C[C@@H]1CCNC1)c1ncc(Cl)cn1. The Labute approximate surface area is 99.2 Å². The maximum Gasteiger partial charge on any atom is 0.247 e. The second-order valence-electron chi connectivity index (χ2n) is 3.82. The van der Waals surface area contributed by atoms with Crippen LogP contribution in [-0.4, -0.2) is 37.2 Å². The second kappa shape index (κ2) is 4.65. The Morgan fingerprint density at radius 3 is 2.69 bits per heavy atom. The number of nitrogens with zero attached hydrogens (tertiary/aromatic N) is 2. The van der Waals surface area contributed by atoms with Gasteiger partial charge in [-0.05, 0) is 25.4 Å². The van der Waals surface area contributed by atoms with Gasteiger partial charge >= 0.3 is 0 Å². The van der Waals surface area contributed by atoms with Crippen molar-refractivity contribution in [2.45, 2.75) is 11.6 Å². The predicted octanol–water partition coefficient (Wildman–Crippen LogP) is 0.513. The zero-order valence-corrected chi connectivity index (χ0v) is 10.1. The van der Waals surface area contributed by atoms with Gasteiger partial charge in [0, 0.05) is 0 Å². The lowest BCUT2D eigenvalue weighted by molar-refractivity contribution is 0.562. The van der Waals surface area contributed by atoms with Gasteiger partial charge in [-0.25, -0.2) is 18.4 Å². The van der Waals surface area contributed by atoms with Crippen molar-refractivity contribution in [3.63, 3.8) is 0 Å². The van der Waals surface area contributed by atoms with E-state index in [9.17, 15) is 8.42 Å². The lowest BCUT2D eigenvalue weighted by Crippen LogP contribution is -2.20. The first-order valence-corrected chi connectivity index (χ1v) is 7.02. The minimum absolute atomic E-state index is 0.0988. The molecule has 0 aliphatic carbocycles. The van der Waals surface area contributed by atoms with E-state index >= 15 is 0 Å². The largest absolute Gasteiger partial charge is 0.316 e. The van der Waals surface area contributed by atoms with Gasteiger partial charge in [-0.3, -0.25) is 0 Å². The molecule has 0 amide bonds. The quantitative estimate of drug-likeness (QED) is 0.803. The topological polar surface area (TPSA) is 72.0 Å². The zero-order valence-electron chi connectivity index (χ0n) is 8.56. The molecule has 5 nitrogen and oxygen atoms in total. The summed E-state index contributed by atoms with van der Waals surface area (Å²) in [7, 11) is -3.38. The van der Waals surface area contributed by atoms with Crippen LogP contribution >= 0.6 is 11.6 Å². The van der Waals surface area contributed by atoms with Gasteiger partial charge < -0.3 is 5.32 Å². The lowest BCUT2D eigenvalue weighted by atomic mass is 10.2. The van der Waals surface area contributed by atoms with Crippen LogP contribution in [0.4, 0.5) is 0 Å². The molecule has 7 heteroatoms.